The second kappa shape index (κ2) is 10.7. The van der Waals surface area contributed by atoms with Crippen molar-refractivity contribution in [3.63, 3.8) is 0 Å². The van der Waals surface area contributed by atoms with Gasteiger partial charge in [0.2, 0.25) is 0 Å². The van der Waals surface area contributed by atoms with E-state index in [0.29, 0.717) is 30.2 Å². The van der Waals surface area contributed by atoms with Crippen LogP contribution in [0.3, 0.4) is 0 Å². The number of para-hydroxylation sites is 1. The number of halogens is 1. The highest BCUT2D eigenvalue weighted by molar-refractivity contribution is 6.27. The van der Waals surface area contributed by atoms with Crippen molar-refractivity contribution in [2.24, 2.45) is 0 Å². The zero-order valence-electron chi connectivity index (χ0n) is 14.4. The van der Waals surface area contributed by atoms with Crippen LogP contribution in [0.2, 0.25) is 0 Å². The van der Waals surface area contributed by atoms with Gasteiger partial charge in [-0.25, -0.2) is 14.0 Å². The van der Waals surface area contributed by atoms with Gasteiger partial charge in [0.1, 0.15) is 5.82 Å². The van der Waals surface area contributed by atoms with Gasteiger partial charge in [-0.15, -0.1) is 0 Å². The van der Waals surface area contributed by atoms with E-state index in [1.165, 1.54) is 6.07 Å². The molecule has 26 heavy (non-hydrogen) atoms. The summed E-state index contributed by atoms with van der Waals surface area (Å²) in [5.74, 6) is -2.45. The van der Waals surface area contributed by atoms with E-state index >= 15 is 0 Å². The van der Waals surface area contributed by atoms with E-state index in [1.54, 1.807) is 26.4 Å². The maximum atomic E-state index is 13.5. The van der Waals surface area contributed by atoms with Crippen LogP contribution < -0.4 is 14.8 Å². The summed E-state index contributed by atoms with van der Waals surface area (Å²) in [6.07, 6.45) is 0. The molecule has 3 N–H and O–H groups in total. The van der Waals surface area contributed by atoms with E-state index in [9.17, 15) is 4.39 Å². The first kappa shape index (κ1) is 20.9. The third-order valence-electron chi connectivity index (χ3n) is 3.26. The lowest BCUT2D eigenvalue weighted by Gasteiger charge is -2.13. The van der Waals surface area contributed by atoms with Crippen molar-refractivity contribution in [1.82, 2.24) is 5.32 Å². The number of ether oxygens (including phenoxy) is 2. The summed E-state index contributed by atoms with van der Waals surface area (Å²) in [6, 6.07) is 12.4. The van der Waals surface area contributed by atoms with Gasteiger partial charge in [-0.1, -0.05) is 30.3 Å². The molecule has 0 aliphatic rings. The summed E-state index contributed by atoms with van der Waals surface area (Å²) in [5, 5.41) is 18.0. The molecule has 0 radical (unpaired) electrons. The summed E-state index contributed by atoms with van der Waals surface area (Å²) in [5.41, 5.74) is 1.62. The number of aliphatic carboxylic acids is 2. The second-order valence-corrected chi connectivity index (χ2v) is 4.96. The fraction of sp³-hybridized carbons (Fsp3) is 0.222. The number of hydrogen-bond donors (Lipinski definition) is 3. The van der Waals surface area contributed by atoms with E-state index < -0.39 is 11.9 Å². The maximum absolute atomic E-state index is 13.5. The quantitative estimate of drug-likeness (QED) is 0.675. The molecule has 0 spiro atoms. The molecule has 0 unspecified atom stereocenters. The van der Waals surface area contributed by atoms with Gasteiger partial charge in [0.15, 0.2) is 11.5 Å². The topological polar surface area (TPSA) is 105 Å². The molecule has 0 aliphatic heterocycles. The van der Waals surface area contributed by atoms with Crippen molar-refractivity contribution >= 4 is 11.9 Å². The van der Waals surface area contributed by atoms with Gasteiger partial charge in [0, 0.05) is 24.2 Å². The molecule has 0 bridgehead atoms. The molecular formula is C18H20FNO6. The fourth-order valence-corrected chi connectivity index (χ4v) is 2.07. The number of methoxy groups -OCH3 is 2. The average molecular weight is 365 g/mol. The Bertz CT molecular complexity index is 738. The number of rotatable bonds is 6. The summed E-state index contributed by atoms with van der Waals surface area (Å²) in [7, 11) is 3.21. The minimum absolute atomic E-state index is 0.197. The Hall–Kier alpha value is -3.13. The van der Waals surface area contributed by atoms with Crippen LogP contribution in [0.5, 0.6) is 11.5 Å². The monoisotopic (exact) mass is 365 g/mol. The third-order valence-corrected chi connectivity index (χ3v) is 3.26. The molecule has 0 saturated carbocycles. The summed E-state index contributed by atoms with van der Waals surface area (Å²) >= 11 is 0. The van der Waals surface area contributed by atoms with Crippen LogP contribution in [-0.4, -0.2) is 36.4 Å². The van der Waals surface area contributed by atoms with Gasteiger partial charge in [-0.2, -0.15) is 0 Å². The van der Waals surface area contributed by atoms with Crippen LogP contribution >= 0.6 is 0 Å². The van der Waals surface area contributed by atoms with Crippen molar-refractivity contribution in [3.05, 3.63) is 59.4 Å². The number of carbonyl (C=O) groups is 2. The SMILES string of the molecule is COc1cccc(CNCc2ccccc2F)c1OC.O=C(O)C(=O)O. The molecule has 2 aromatic carbocycles. The Balaban J connectivity index is 0.000000487. The highest BCUT2D eigenvalue weighted by Crippen LogP contribution is 2.30. The van der Waals surface area contributed by atoms with Crippen molar-refractivity contribution in [1.29, 1.82) is 0 Å². The van der Waals surface area contributed by atoms with Gasteiger partial charge in [0.25, 0.3) is 0 Å². The Labute approximate surface area is 150 Å². The van der Waals surface area contributed by atoms with Gasteiger partial charge in [0.05, 0.1) is 14.2 Å². The Morgan fingerprint density at radius 3 is 2.04 bits per heavy atom. The molecule has 0 atom stereocenters. The lowest BCUT2D eigenvalue weighted by molar-refractivity contribution is -0.159. The van der Waals surface area contributed by atoms with Gasteiger partial charge in [-0.3, -0.25) is 0 Å². The Morgan fingerprint density at radius 1 is 0.923 bits per heavy atom. The minimum atomic E-state index is -1.82. The molecule has 0 aliphatic carbocycles. The number of nitrogens with one attached hydrogen (secondary N) is 1. The number of carboxylic acid groups (broad SMARTS) is 2. The lowest BCUT2D eigenvalue weighted by atomic mass is 10.1. The van der Waals surface area contributed by atoms with Crippen LogP contribution in [0.4, 0.5) is 4.39 Å². The third kappa shape index (κ3) is 6.40. The Kier molecular flexibility index (Phi) is 8.59. The van der Waals surface area contributed by atoms with E-state index in [0.717, 1.165) is 5.56 Å². The van der Waals surface area contributed by atoms with Gasteiger partial charge < -0.3 is 25.0 Å². The van der Waals surface area contributed by atoms with Crippen molar-refractivity contribution in [2.75, 3.05) is 14.2 Å². The molecule has 0 saturated heterocycles. The van der Waals surface area contributed by atoms with Gasteiger partial charge in [-0.05, 0) is 12.1 Å². The number of hydrogen-bond acceptors (Lipinski definition) is 5. The first-order chi connectivity index (χ1) is 12.4. The summed E-state index contributed by atoms with van der Waals surface area (Å²) in [6.45, 7) is 1.04. The predicted octanol–water partition coefficient (Wildman–Crippen LogP) is 2.29. The van der Waals surface area contributed by atoms with E-state index in [2.05, 4.69) is 5.32 Å². The molecular weight excluding hydrogens is 345 g/mol. The molecule has 2 rings (SSSR count). The van der Waals surface area contributed by atoms with Crippen LogP contribution in [0.1, 0.15) is 11.1 Å². The zero-order valence-corrected chi connectivity index (χ0v) is 14.4. The van der Waals surface area contributed by atoms with Crippen molar-refractivity contribution in [3.8, 4) is 11.5 Å². The fourth-order valence-electron chi connectivity index (χ4n) is 2.07. The predicted molar refractivity (Wildman–Crippen MR) is 91.8 cm³/mol. The summed E-state index contributed by atoms with van der Waals surface area (Å²) in [4.78, 5) is 18.2. The van der Waals surface area contributed by atoms with Crippen LogP contribution in [-0.2, 0) is 22.7 Å². The highest BCUT2D eigenvalue weighted by Gasteiger charge is 2.09. The normalized spacial score (nSPS) is 9.65. The second-order valence-electron chi connectivity index (χ2n) is 4.96. The maximum Gasteiger partial charge on any atom is 0.414 e. The summed E-state index contributed by atoms with van der Waals surface area (Å²) < 4.78 is 24.1. The minimum Gasteiger partial charge on any atom is -0.493 e. The number of benzene rings is 2. The van der Waals surface area contributed by atoms with Gasteiger partial charge >= 0.3 is 11.9 Å². The molecule has 8 heteroatoms. The van der Waals surface area contributed by atoms with Crippen LogP contribution in [0.25, 0.3) is 0 Å². The molecule has 0 aromatic heterocycles. The molecule has 7 nitrogen and oxygen atoms in total. The van der Waals surface area contributed by atoms with Crippen LogP contribution in [0.15, 0.2) is 42.5 Å². The van der Waals surface area contributed by atoms with E-state index in [4.69, 9.17) is 29.3 Å². The van der Waals surface area contributed by atoms with E-state index in [-0.39, 0.29) is 5.82 Å². The molecule has 0 amide bonds. The average Bonchev–Trinajstić information content (AvgIpc) is 2.63. The van der Waals surface area contributed by atoms with E-state index in [1.807, 2.05) is 24.3 Å². The lowest BCUT2D eigenvalue weighted by Crippen LogP contribution is -2.14. The standard InChI is InChI=1S/C16H18FNO2.C2H2O4/c1-19-15-9-5-7-13(16(15)20-2)11-18-10-12-6-3-4-8-14(12)17;3-1(4)2(5)6/h3-9,18H,10-11H2,1-2H3;(H,3,4)(H,5,6). The molecule has 0 heterocycles. The Morgan fingerprint density at radius 2 is 1.50 bits per heavy atom. The largest absolute Gasteiger partial charge is 0.493 e. The molecule has 0 fully saturated rings. The zero-order chi connectivity index (χ0) is 19.5. The highest BCUT2D eigenvalue weighted by atomic mass is 19.1. The first-order valence-corrected chi connectivity index (χ1v) is 7.50. The van der Waals surface area contributed by atoms with Crippen LogP contribution in [0, 0.1) is 5.82 Å². The molecule has 2 aromatic rings. The van der Waals surface area contributed by atoms with Crippen molar-refractivity contribution < 1.29 is 33.7 Å². The first-order valence-electron chi connectivity index (χ1n) is 7.50. The van der Waals surface area contributed by atoms with Crippen molar-refractivity contribution in [2.45, 2.75) is 13.1 Å². The molecule has 140 valence electrons. The smallest absolute Gasteiger partial charge is 0.414 e. The number of carboxylic acids is 2.